The van der Waals surface area contributed by atoms with Crippen molar-refractivity contribution in [2.75, 3.05) is 0 Å². The number of rotatable bonds is 2. The van der Waals surface area contributed by atoms with Crippen LogP contribution in [0.1, 0.15) is 23.7 Å². The molecule has 3 rings (SSSR count). The zero-order chi connectivity index (χ0) is 13.9. The van der Waals surface area contributed by atoms with Gasteiger partial charge in [-0.25, -0.2) is 0 Å². The van der Waals surface area contributed by atoms with E-state index in [0.29, 0.717) is 10.7 Å². The maximum atomic E-state index is 12.2. The number of thioether (sulfide) groups is 1. The van der Waals surface area contributed by atoms with Gasteiger partial charge in [0.15, 0.2) is 5.17 Å². The highest BCUT2D eigenvalue weighted by atomic mass is 32.2. The van der Waals surface area contributed by atoms with Gasteiger partial charge in [0.2, 0.25) is 0 Å². The van der Waals surface area contributed by atoms with E-state index in [4.69, 9.17) is 0 Å². The van der Waals surface area contributed by atoms with Gasteiger partial charge in [0.25, 0.3) is 5.91 Å². The zero-order valence-corrected chi connectivity index (χ0v) is 11.9. The van der Waals surface area contributed by atoms with Crippen molar-refractivity contribution in [1.29, 1.82) is 0 Å². The first-order chi connectivity index (χ1) is 9.76. The SMILES string of the molecule is CCC1NN=C(NC(=O)c2ccc3ccccc3c2)S1. The summed E-state index contributed by atoms with van der Waals surface area (Å²) >= 11 is 1.54. The van der Waals surface area contributed by atoms with Gasteiger partial charge in [-0.2, -0.15) is 5.10 Å². The molecule has 0 fully saturated rings. The Bertz CT molecular complexity index is 684. The molecule has 4 nitrogen and oxygen atoms in total. The van der Waals surface area contributed by atoms with Crippen molar-refractivity contribution in [3.63, 3.8) is 0 Å². The fourth-order valence-electron chi connectivity index (χ4n) is 2.05. The van der Waals surface area contributed by atoms with Crippen molar-refractivity contribution in [3.8, 4) is 0 Å². The van der Waals surface area contributed by atoms with Crippen LogP contribution in [0.5, 0.6) is 0 Å². The molecule has 1 amide bonds. The van der Waals surface area contributed by atoms with E-state index in [0.717, 1.165) is 17.2 Å². The Balaban J connectivity index is 1.76. The first-order valence-corrected chi connectivity index (χ1v) is 7.44. The number of nitrogens with zero attached hydrogens (tertiary/aromatic N) is 1. The van der Waals surface area contributed by atoms with Gasteiger partial charge >= 0.3 is 0 Å². The minimum absolute atomic E-state index is 0.124. The number of amides is 1. The molecule has 0 spiro atoms. The maximum Gasteiger partial charge on any atom is 0.257 e. The maximum absolute atomic E-state index is 12.2. The molecular weight excluding hydrogens is 270 g/mol. The lowest BCUT2D eigenvalue weighted by atomic mass is 10.1. The summed E-state index contributed by atoms with van der Waals surface area (Å²) in [5, 5.41) is 10.0. The number of hydrazone groups is 1. The molecule has 1 aliphatic rings. The van der Waals surface area contributed by atoms with Crippen LogP contribution >= 0.6 is 11.8 Å². The molecule has 1 heterocycles. The minimum Gasteiger partial charge on any atom is -0.300 e. The summed E-state index contributed by atoms with van der Waals surface area (Å²) in [6.45, 7) is 2.08. The Morgan fingerprint density at radius 2 is 2.10 bits per heavy atom. The third kappa shape index (κ3) is 2.63. The van der Waals surface area contributed by atoms with Gasteiger partial charge in [-0.15, -0.1) is 0 Å². The highest BCUT2D eigenvalue weighted by Gasteiger charge is 2.19. The molecular formula is C15H15N3OS. The van der Waals surface area contributed by atoms with Crippen LogP contribution < -0.4 is 10.7 Å². The van der Waals surface area contributed by atoms with E-state index in [1.54, 1.807) is 11.8 Å². The van der Waals surface area contributed by atoms with Gasteiger partial charge in [-0.05, 0) is 29.3 Å². The van der Waals surface area contributed by atoms with Crippen molar-refractivity contribution < 1.29 is 4.79 Å². The van der Waals surface area contributed by atoms with Crippen molar-refractivity contribution in [2.24, 2.45) is 5.10 Å². The largest absolute Gasteiger partial charge is 0.300 e. The van der Waals surface area contributed by atoms with E-state index < -0.39 is 0 Å². The van der Waals surface area contributed by atoms with E-state index in [1.165, 1.54) is 0 Å². The number of amidine groups is 1. The second-order valence-corrected chi connectivity index (χ2v) is 5.77. The van der Waals surface area contributed by atoms with Crippen molar-refractivity contribution in [1.82, 2.24) is 10.7 Å². The molecule has 20 heavy (non-hydrogen) atoms. The summed E-state index contributed by atoms with van der Waals surface area (Å²) in [5.74, 6) is -0.124. The average molecular weight is 285 g/mol. The van der Waals surface area contributed by atoms with E-state index in [1.807, 2.05) is 42.5 Å². The van der Waals surface area contributed by atoms with E-state index in [2.05, 4.69) is 22.8 Å². The van der Waals surface area contributed by atoms with Crippen LogP contribution in [0.25, 0.3) is 10.8 Å². The second-order valence-electron chi connectivity index (χ2n) is 4.58. The minimum atomic E-state index is -0.124. The molecule has 102 valence electrons. The summed E-state index contributed by atoms with van der Waals surface area (Å²) in [7, 11) is 0. The molecule has 1 atom stereocenters. The van der Waals surface area contributed by atoms with Crippen LogP contribution in [0.15, 0.2) is 47.6 Å². The molecule has 0 radical (unpaired) electrons. The Morgan fingerprint density at radius 1 is 1.30 bits per heavy atom. The van der Waals surface area contributed by atoms with Gasteiger partial charge in [0, 0.05) is 5.56 Å². The van der Waals surface area contributed by atoms with Crippen LogP contribution in [0.2, 0.25) is 0 Å². The van der Waals surface area contributed by atoms with Crippen molar-refractivity contribution in [3.05, 3.63) is 48.0 Å². The van der Waals surface area contributed by atoms with E-state index in [-0.39, 0.29) is 11.3 Å². The molecule has 0 aliphatic carbocycles. The summed E-state index contributed by atoms with van der Waals surface area (Å²) in [6, 6.07) is 13.7. The third-order valence-electron chi connectivity index (χ3n) is 3.17. The summed E-state index contributed by atoms with van der Waals surface area (Å²) in [4.78, 5) is 12.2. The highest BCUT2D eigenvalue weighted by Crippen LogP contribution is 2.19. The van der Waals surface area contributed by atoms with Gasteiger partial charge in [-0.3, -0.25) is 15.5 Å². The molecule has 1 aliphatic heterocycles. The molecule has 2 aromatic rings. The number of nitrogens with one attached hydrogen (secondary N) is 2. The van der Waals surface area contributed by atoms with Crippen molar-refractivity contribution >= 4 is 33.6 Å². The van der Waals surface area contributed by atoms with Gasteiger partial charge in [0.05, 0.1) is 5.37 Å². The Morgan fingerprint density at radius 3 is 2.85 bits per heavy atom. The standard InChI is InChI=1S/C15H15N3OS/c1-2-13-17-18-15(20-13)16-14(19)12-8-7-10-5-3-4-6-11(10)9-12/h3-9,13,17H,2H2,1H3,(H,16,18,19). The van der Waals surface area contributed by atoms with Crippen LogP contribution in [0.4, 0.5) is 0 Å². The molecule has 5 heteroatoms. The smallest absolute Gasteiger partial charge is 0.257 e. The number of hydrogen-bond donors (Lipinski definition) is 2. The monoisotopic (exact) mass is 285 g/mol. The second kappa shape index (κ2) is 5.54. The van der Waals surface area contributed by atoms with E-state index in [9.17, 15) is 4.79 Å². The van der Waals surface area contributed by atoms with Gasteiger partial charge in [-0.1, -0.05) is 49.0 Å². The Hall–Kier alpha value is -2.01. The summed E-state index contributed by atoms with van der Waals surface area (Å²) in [6.07, 6.45) is 0.962. The molecule has 0 saturated carbocycles. The average Bonchev–Trinajstić information content (AvgIpc) is 2.94. The lowest BCUT2D eigenvalue weighted by Crippen LogP contribution is -2.27. The Labute approximate surface area is 121 Å². The molecule has 0 saturated heterocycles. The number of fused-ring (bicyclic) bond motifs is 1. The van der Waals surface area contributed by atoms with E-state index >= 15 is 0 Å². The fourth-order valence-corrected chi connectivity index (χ4v) is 2.85. The molecule has 2 aromatic carbocycles. The zero-order valence-electron chi connectivity index (χ0n) is 11.1. The molecule has 2 N–H and O–H groups in total. The van der Waals surface area contributed by atoms with Crippen LogP contribution in [-0.4, -0.2) is 16.4 Å². The molecule has 1 unspecified atom stereocenters. The quantitative estimate of drug-likeness (QED) is 0.892. The van der Waals surface area contributed by atoms with Crippen LogP contribution in [0.3, 0.4) is 0 Å². The van der Waals surface area contributed by atoms with Crippen LogP contribution in [0, 0.1) is 0 Å². The Kier molecular flexibility index (Phi) is 3.60. The van der Waals surface area contributed by atoms with Gasteiger partial charge in [0.1, 0.15) is 0 Å². The summed E-state index contributed by atoms with van der Waals surface area (Å²) in [5.41, 5.74) is 3.62. The van der Waals surface area contributed by atoms with Gasteiger partial charge < -0.3 is 0 Å². The lowest BCUT2D eigenvalue weighted by molar-refractivity contribution is 0.0978. The predicted octanol–water partition coefficient (Wildman–Crippen LogP) is 2.91. The third-order valence-corrected chi connectivity index (χ3v) is 4.31. The number of carbonyl (C=O) groups excluding carboxylic acids is 1. The lowest BCUT2D eigenvalue weighted by Gasteiger charge is -2.06. The first-order valence-electron chi connectivity index (χ1n) is 6.56. The first kappa shape index (κ1) is 13.0. The topological polar surface area (TPSA) is 53.5 Å². The highest BCUT2D eigenvalue weighted by molar-refractivity contribution is 8.14. The van der Waals surface area contributed by atoms with Crippen molar-refractivity contribution in [2.45, 2.75) is 18.7 Å². The normalized spacial score (nSPS) is 17.6. The number of benzene rings is 2. The molecule has 0 bridgehead atoms. The predicted molar refractivity (Wildman–Crippen MR) is 83.7 cm³/mol. The van der Waals surface area contributed by atoms with Crippen LogP contribution in [-0.2, 0) is 0 Å². The number of carbonyl (C=O) groups is 1. The fraction of sp³-hybridized carbons (Fsp3) is 0.200. The molecule has 0 aromatic heterocycles. The summed E-state index contributed by atoms with van der Waals surface area (Å²) < 4.78 is 0. The number of hydrogen-bond acceptors (Lipinski definition) is 4.